The van der Waals surface area contributed by atoms with Crippen LogP contribution in [0.25, 0.3) is 111 Å². The first-order valence-corrected chi connectivity index (χ1v) is 18.1. The molecule has 0 saturated heterocycles. The van der Waals surface area contributed by atoms with Crippen LogP contribution in [0.1, 0.15) is 0 Å². The molecule has 252 valence electrons. The first-order valence-electron chi connectivity index (χ1n) is 18.1. The van der Waals surface area contributed by atoms with Crippen molar-refractivity contribution in [3.63, 3.8) is 0 Å². The molecular formula is C50H30N2O2. The zero-order valence-electron chi connectivity index (χ0n) is 29.0. The fourth-order valence-corrected chi connectivity index (χ4v) is 7.90. The Bertz CT molecular complexity index is 3210. The maximum Gasteiger partial charge on any atom is 0.180 e. The number of rotatable bonds is 5. The van der Waals surface area contributed by atoms with Gasteiger partial charge < -0.3 is 8.83 Å². The third kappa shape index (κ3) is 4.92. The molecule has 0 aliphatic rings. The summed E-state index contributed by atoms with van der Waals surface area (Å²) in [6, 6.07) is 63.3. The molecule has 0 amide bonds. The van der Waals surface area contributed by atoms with E-state index in [2.05, 4.69) is 158 Å². The number of furan rings is 2. The summed E-state index contributed by atoms with van der Waals surface area (Å²) in [4.78, 5) is 10.6. The molecule has 0 atom stereocenters. The quantitative estimate of drug-likeness (QED) is 0.180. The molecule has 4 heteroatoms. The van der Waals surface area contributed by atoms with E-state index >= 15 is 0 Å². The Morgan fingerprint density at radius 1 is 0.333 bits per heavy atom. The Balaban J connectivity index is 1.12. The lowest BCUT2D eigenvalue weighted by Crippen LogP contribution is -1.95. The molecule has 0 saturated carbocycles. The van der Waals surface area contributed by atoms with E-state index < -0.39 is 0 Å². The van der Waals surface area contributed by atoms with E-state index in [4.69, 9.17) is 18.8 Å². The van der Waals surface area contributed by atoms with Gasteiger partial charge in [0.25, 0.3) is 0 Å². The lowest BCUT2D eigenvalue weighted by atomic mass is 9.95. The van der Waals surface area contributed by atoms with Crippen LogP contribution in [0.4, 0.5) is 0 Å². The normalized spacial score (nSPS) is 11.7. The first kappa shape index (κ1) is 30.3. The topological polar surface area (TPSA) is 52.1 Å². The Hall–Kier alpha value is -7.30. The molecule has 0 radical (unpaired) electrons. The minimum absolute atomic E-state index is 0.617. The molecule has 0 aliphatic heterocycles. The summed E-state index contributed by atoms with van der Waals surface area (Å²) in [6.45, 7) is 0. The molecule has 0 fully saturated rings. The van der Waals surface area contributed by atoms with Gasteiger partial charge in [0.2, 0.25) is 0 Å². The van der Waals surface area contributed by atoms with Gasteiger partial charge in [-0.2, -0.15) is 0 Å². The van der Waals surface area contributed by atoms with Crippen LogP contribution in [0, 0.1) is 0 Å². The van der Waals surface area contributed by atoms with Crippen molar-refractivity contribution in [3.8, 4) is 56.0 Å². The second-order valence-corrected chi connectivity index (χ2v) is 13.7. The van der Waals surface area contributed by atoms with Crippen molar-refractivity contribution in [2.75, 3.05) is 0 Å². The highest BCUT2D eigenvalue weighted by atomic mass is 16.3. The molecule has 11 rings (SSSR count). The number of fused-ring (bicyclic) bond motifs is 8. The molecule has 54 heavy (non-hydrogen) atoms. The van der Waals surface area contributed by atoms with Crippen LogP contribution in [-0.4, -0.2) is 9.97 Å². The minimum Gasteiger partial charge on any atom is -0.456 e. The summed E-state index contributed by atoms with van der Waals surface area (Å²) < 4.78 is 13.2. The van der Waals surface area contributed by atoms with E-state index in [0.29, 0.717) is 11.4 Å². The van der Waals surface area contributed by atoms with Gasteiger partial charge in [-0.3, -0.25) is 0 Å². The summed E-state index contributed by atoms with van der Waals surface area (Å²) in [5.41, 5.74) is 13.4. The zero-order valence-corrected chi connectivity index (χ0v) is 29.0. The van der Waals surface area contributed by atoms with Gasteiger partial charge in [-0.05, 0) is 86.6 Å². The summed E-state index contributed by atoms with van der Waals surface area (Å²) >= 11 is 0. The Kier molecular flexibility index (Phi) is 6.82. The predicted octanol–water partition coefficient (Wildman–Crippen LogP) is 13.8. The van der Waals surface area contributed by atoms with Crippen molar-refractivity contribution in [3.05, 3.63) is 182 Å². The van der Waals surface area contributed by atoms with Gasteiger partial charge >= 0.3 is 0 Å². The fraction of sp³-hybridized carbons (Fsp3) is 0. The van der Waals surface area contributed by atoms with Crippen LogP contribution in [-0.2, 0) is 0 Å². The van der Waals surface area contributed by atoms with Gasteiger partial charge in [0, 0.05) is 27.3 Å². The smallest absolute Gasteiger partial charge is 0.180 e. The second-order valence-electron chi connectivity index (χ2n) is 13.7. The maximum absolute atomic E-state index is 6.65. The van der Waals surface area contributed by atoms with Gasteiger partial charge in [-0.15, -0.1) is 0 Å². The Morgan fingerprint density at radius 2 is 0.889 bits per heavy atom. The third-order valence-corrected chi connectivity index (χ3v) is 10.5. The van der Waals surface area contributed by atoms with E-state index in [1.54, 1.807) is 0 Å². The summed E-state index contributed by atoms with van der Waals surface area (Å²) in [7, 11) is 0. The molecule has 8 aromatic carbocycles. The van der Waals surface area contributed by atoms with E-state index in [9.17, 15) is 0 Å². The van der Waals surface area contributed by atoms with Gasteiger partial charge in [-0.1, -0.05) is 140 Å². The minimum atomic E-state index is 0.617. The molecule has 3 heterocycles. The van der Waals surface area contributed by atoms with Gasteiger partial charge in [0.05, 0.1) is 0 Å². The first-order chi connectivity index (χ1) is 26.7. The lowest BCUT2D eigenvalue weighted by molar-refractivity contribution is 0.667. The van der Waals surface area contributed by atoms with Gasteiger partial charge in [0.15, 0.2) is 11.4 Å². The number of nitrogens with zero attached hydrogens (tertiary/aromatic N) is 2. The molecule has 11 aromatic rings. The van der Waals surface area contributed by atoms with Crippen LogP contribution in [0.3, 0.4) is 0 Å². The highest BCUT2D eigenvalue weighted by Crippen LogP contribution is 2.43. The van der Waals surface area contributed by atoms with Crippen molar-refractivity contribution in [2.24, 2.45) is 0 Å². The molecule has 0 bridgehead atoms. The second kappa shape index (κ2) is 12.1. The predicted molar refractivity (Wildman–Crippen MR) is 221 cm³/mol. The molecular weight excluding hydrogens is 661 g/mol. The Morgan fingerprint density at radius 3 is 1.63 bits per heavy atom. The van der Waals surface area contributed by atoms with E-state index in [-0.39, 0.29) is 0 Å². The largest absolute Gasteiger partial charge is 0.456 e. The van der Waals surface area contributed by atoms with Crippen molar-refractivity contribution >= 4 is 54.8 Å². The van der Waals surface area contributed by atoms with Crippen molar-refractivity contribution in [1.82, 2.24) is 9.97 Å². The van der Waals surface area contributed by atoms with Crippen molar-refractivity contribution in [1.29, 1.82) is 0 Å². The number of benzene rings is 8. The Labute approximate surface area is 310 Å². The maximum atomic E-state index is 6.65. The van der Waals surface area contributed by atoms with Crippen LogP contribution in [0.2, 0.25) is 0 Å². The molecule has 0 spiro atoms. The molecule has 0 unspecified atom stereocenters. The van der Waals surface area contributed by atoms with Gasteiger partial charge in [-0.25, -0.2) is 9.97 Å². The average molecular weight is 691 g/mol. The molecule has 0 aliphatic carbocycles. The van der Waals surface area contributed by atoms with Crippen LogP contribution < -0.4 is 0 Å². The van der Waals surface area contributed by atoms with E-state index in [1.165, 1.54) is 11.1 Å². The summed E-state index contributed by atoms with van der Waals surface area (Å²) in [5, 5.41) is 5.25. The number of para-hydroxylation sites is 1. The highest BCUT2D eigenvalue weighted by Gasteiger charge is 2.22. The van der Waals surface area contributed by atoms with Crippen LogP contribution in [0.5, 0.6) is 0 Å². The lowest BCUT2D eigenvalue weighted by Gasteiger charge is -2.11. The zero-order chi connectivity index (χ0) is 35.6. The van der Waals surface area contributed by atoms with E-state index in [1.807, 2.05) is 24.3 Å². The number of hydrogen-bond acceptors (Lipinski definition) is 4. The van der Waals surface area contributed by atoms with Gasteiger partial charge in [0.1, 0.15) is 28.0 Å². The third-order valence-electron chi connectivity index (χ3n) is 10.5. The highest BCUT2D eigenvalue weighted by molar-refractivity contribution is 6.22. The van der Waals surface area contributed by atoms with Crippen LogP contribution >= 0.6 is 0 Å². The standard InChI is InChI=1S/C50H30N2O2/c1-3-13-31(14-4-1)33-17-11-19-35(27-33)36-25-26-44-42(29-36)46-39-22-8-7-21-38(39)41(30-45(46)53-44)50-51-47(49-48(52-50)40-23-9-10-24-43(40)54-49)37-20-12-18-34(28-37)32-15-5-2-6-16-32/h1-30H. The molecule has 4 nitrogen and oxygen atoms in total. The van der Waals surface area contributed by atoms with Crippen molar-refractivity contribution < 1.29 is 8.83 Å². The fourth-order valence-electron chi connectivity index (χ4n) is 7.90. The number of aromatic nitrogens is 2. The summed E-state index contributed by atoms with van der Waals surface area (Å²) in [5.74, 6) is 0.617. The molecule has 3 aromatic heterocycles. The van der Waals surface area contributed by atoms with Crippen molar-refractivity contribution in [2.45, 2.75) is 0 Å². The number of hydrogen-bond donors (Lipinski definition) is 0. The average Bonchev–Trinajstić information content (AvgIpc) is 3.82. The summed E-state index contributed by atoms with van der Waals surface area (Å²) in [6.07, 6.45) is 0. The SMILES string of the molecule is c1ccc(-c2cccc(-c3ccc4oc5cc(-c6nc(-c7cccc(-c8ccccc8)c7)c7oc8ccccc8c7n6)c6ccccc6c5c4c3)c2)cc1. The van der Waals surface area contributed by atoms with Crippen LogP contribution in [0.15, 0.2) is 191 Å². The monoisotopic (exact) mass is 690 g/mol. The molecule has 0 N–H and O–H groups in total. The van der Waals surface area contributed by atoms with E-state index in [0.717, 1.165) is 88.3 Å².